The lowest BCUT2D eigenvalue weighted by Gasteiger charge is -2.69. The van der Waals surface area contributed by atoms with E-state index in [0.717, 1.165) is 6.92 Å². The average Bonchev–Trinajstić information content (AvgIpc) is 3.23. The maximum absolute atomic E-state index is 14.2. The van der Waals surface area contributed by atoms with Gasteiger partial charge in [-0.3, -0.25) is 9.59 Å². The number of hydrogen-bond donors (Lipinski definition) is 7. The normalized spacial score (nSPS) is 35.1. The largest absolute Gasteiger partial charge is 0.455 e. The van der Waals surface area contributed by atoms with Crippen LogP contribution in [0.4, 0.5) is 0 Å². The highest BCUT2D eigenvalue weighted by Gasteiger charge is 2.79. The minimum Gasteiger partial charge on any atom is -0.455 e. The fourth-order valence-electron chi connectivity index (χ4n) is 10.3. The minimum absolute atomic E-state index is 0.0195. The lowest BCUT2D eigenvalue weighted by Crippen LogP contribution is -2.84. The first-order valence-corrected chi connectivity index (χ1v) is 19.8. The van der Waals surface area contributed by atoms with E-state index >= 15 is 0 Å². The Balaban J connectivity index is 1.37. The number of fused-ring (bicyclic) bond motifs is 5. The van der Waals surface area contributed by atoms with E-state index in [4.69, 9.17) is 18.9 Å². The molecule has 0 aromatic heterocycles. The summed E-state index contributed by atoms with van der Waals surface area (Å²) < 4.78 is 24.0. The zero-order chi connectivity index (χ0) is 43.5. The zero-order valence-electron chi connectivity index (χ0n) is 33.8. The van der Waals surface area contributed by atoms with Gasteiger partial charge in [-0.1, -0.05) is 87.5 Å². The van der Waals surface area contributed by atoms with Crippen molar-refractivity contribution in [1.82, 2.24) is 5.32 Å². The molecule has 1 amide bonds. The Morgan fingerprint density at radius 3 is 1.93 bits per heavy atom. The number of aliphatic hydroxyl groups is 6. The van der Waals surface area contributed by atoms with Crippen molar-refractivity contribution in [2.45, 2.75) is 107 Å². The lowest BCUT2D eigenvalue weighted by molar-refractivity contribution is -0.370. The molecule has 320 valence electrons. The topological polar surface area (TPSA) is 239 Å². The number of amides is 1. The van der Waals surface area contributed by atoms with Crippen molar-refractivity contribution >= 4 is 23.8 Å². The molecule has 7 N–H and O–H groups in total. The average molecular weight is 830 g/mol. The molecule has 3 aliphatic carbocycles. The fourth-order valence-corrected chi connectivity index (χ4v) is 10.3. The third-order valence-electron chi connectivity index (χ3n) is 13.5. The van der Waals surface area contributed by atoms with E-state index in [9.17, 15) is 49.8 Å². The molecule has 13 atom stereocenters. The number of hydrogen-bond acceptors (Lipinski definition) is 14. The molecule has 15 nitrogen and oxygen atoms in total. The van der Waals surface area contributed by atoms with Crippen LogP contribution in [0.15, 0.2) is 102 Å². The molecule has 0 radical (unpaired) electrons. The first-order chi connectivity index (χ1) is 28.3. The van der Waals surface area contributed by atoms with Crippen molar-refractivity contribution in [3.63, 3.8) is 0 Å². The Morgan fingerprint density at radius 1 is 0.817 bits per heavy atom. The third-order valence-corrected chi connectivity index (χ3v) is 13.5. The number of carbonyl (C=O) groups is 4. The highest BCUT2D eigenvalue weighted by atomic mass is 16.6. The van der Waals surface area contributed by atoms with E-state index in [1.54, 1.807) is 78.9 Å². The Bertz CT molecular complexity index is 2150. The number of benzene rings is 3. The highest BCUT2D eigenvalue weighted by Crippen LogP contribution is 2.65. The molecule has 0 spiro atoms. The van der Waals surface area contributed by atoms with Gasteiger partial charge in [-0.05, 0) is 47.9 Å². The van der Waals surface area contributed by atoms with Crippen LogP contribution in [0.5, 0.6) is 0 Å². The summed E-state index contributed by atoms with van der Waals surface area (Å²) in [5.41, 5.74) is -7.92. The lowest BCUT2D eigenvalue weighted by atomic mass is 9.44. The first-order valence-electron chi connectivity index (χ1n) is 19.8. The quantitative estimate of drug-likeness (QED) is 0.0928. The van der Waals surface area contributed by atoms with Crippen molar-refractivity contribution in [3.05, 3.63) is 119 Å². The number of carbonyl (C=O) groups excluding carboxylic acids is 4. The van der Waals surface area contributed by atoms with Gasteiger partial charge in [-0.15, -0.1) is 0 Å². The molecule has 15 heteroatoms. The predicted molar refractivity (Wildman–Crippen MR) is 211 cm³/mol. The van der Waals surface area contributed by atoms with Gasteiger partial charge in [0.1, 0.15) is 30.0 Å². The van der Waals surface area contributed by atoms with Crippen LogP contribution in [0.3, 0.4) is 0 Å². The number of rotatable bonds is 9. The van der Waals surface area contributed by atoms with Crippen LogP contribution in [0, 0.1) is 16.7 Å². The fraction of sp³-hybridized carbons (Fsp3) is 0.467. The van der Waals surface area contributed by atoms with Crippen LogP contribution >= 0.6 is 0 Å². The molecule has 3 fully saturated rings. The Morgan fingerprint density at radius 2 is 1.38 bits per heavy atom. The van der Waals surface area contributed by atoms with E-state index in [1.807, 2.05) is 0 Å². The van der Waals surface area contributed by atoms with Crippen molar-refractivity contribution in [2.75, 3.05) is 6.61 Å². The van der Waals surface area contributed by atoms with Gasteiger partial charge in [0.05, 0.1) is 36.3 Å². The molecule has 4 aliphatic rings. The molecule has 2 bridgehead atoms. The molecule has 1 heterocycles. The second-order valence-corrected chi connectivity index (χ2v) is 17.0. The maximum Gasteiger partial charge on any atom is 0.338 e. The van der Waals surface area contributed by atoms with E-state index in [-0.39, 0.29) is 35.3 Å². The summed E-state index contributed by atoms with van der Waals surface area (Å²) in [4.78, 5) is 54.7. The van der Waals surface area contributed by atoms with Crippen LogP contribution in [0.2, 0.25) is 0 Å². The molecule has 1 saturated heterocycles. The van der Waals surface area contributed by atoms with Crippen molar-refractivity contribution in [3.8, 4) is 0 Å². The Kier molecular flexibility index (Phi) is 11.3. The number of ether oxygens (including phenoxy) is 4. The van der Waals surface area contributed by atoms with Gasteiger partial charge in [0.25, 0.3) is 5.91 Å². The van der Waals surface area contributed by atoms with Crippen molar-refractivity contribution < 1.29 is 68.8 Å². The molecule has 7 rings (SSSR count). The van der Waals surface area contributed by atoms with E-state index in [0.29, 0.717) is 5.56 Å². The van der Waals surface area contributed by atoms with Gasteiger partial charge in [-0.25, -0.2) is 9.59 Å². The first kappa shape index (κ1) is 43.1. The molecule has 2 saturated carbocycles. The second kappa shape index (κ2) is 15.8. The zero-order valence-corrected chi connectivity index (χ0v) is 33.8. The second-order valence-electron chi connectivity index (χ2n) is 17.0. The molecule has 1 unspecified atom stereocenters. The van der Waals surface area contributed by atoms with Crippen LogP contribution in [0.25, 0.3) is 0 Å². The summed E-state index contributed by atoms with van der Waals surface area (Å²) in [7, 11) is 0. The SMILES string of the molecule is CC(=O)O[C@@]12CO[C@@H]1C[C@H](O)[C@]1(C)C2[C@H](OC(=O)c2ccccc2)[C@]2(O)[C@@H](O)[C@H](OC(=O)[C@H](O)[C@@H](NC(=O)c3ccccc3)c3ccccc3)C(C)=C([C@@H](O)[C@H]1O)C2(C)C. The predicted octanol–water partition coefficient (Wildman–Crippen LogP) is 1.93. The summed E-state index contributed by atoms with van der Waals surface area (Å²) in [6.07, 6.45) is -14.8. The smallest absolute Gasteiger partial charge is 0.338 e. The van der Waals surface area contributed by atoms with Gasteiger partial charge in [-0.2, -0.15) is 0 Å². The summed E-state index contributed by atoms with van der Waals surface area (Å²) in [6, 6.07) is 22.5. The Labute approximate surface area is 346 Å². The summed E-state index contributed by atoms with van der Waals surface area (Å²) >= 11 is 0. The molecule has 60 heavy (non-hydrogen) atoms. The summed E-state index contributed by atoms with van der Waals surface area (Å²) in [5.74, 6) is -5.36. The van der Waals surface area contributed by atoms with Gasteiger partial charge in [0, 0.05) is 29.7 Å². The summed E-state index contributed by atoms with van der Waals surface area (Å²) in [6.45, 7) is 6.52. The number of esters is 3. The van der Waals surface area contributed by atoms with E-state index < -0.39 is 107 Å². The van der Waals surface area contributed by atoms with Crippen LogP contribution in [-0.2, 0) is 28.5 Å². The van der Waals surface area contributed by atoms with Crippen molar-refractivity contribution in [2.24, 2.45) is 16.7 Å². The van der Waals surface area contributed by atoms with Crippen LogP contribution in [0.1, 0.15) is 73.4 Å². The molecule has 1 aliphatic heterocycles. The number of aliphatic hydroxyl groups excluding tert-OH is 5. The van der Waals surface area contributed by atoms with Crippen LogP contribution < -0.4 is 5.32 Å². The van der Waals surface area contributed by atoms with Crippen LogP contribution in [-0.4, -0.2) is 121 Å². The molecular formula is C45H51NO14. The molecule has 3 aromatic rings. The molecule has 3 aromatic carbocycles. The van der Waals surface area contributed by atoms with E-state index in [1.165, 1.54) is 39.8 Å². The Hall–Kier alpha value is -5.00. The van der Waals surface area contributed by atoms with E-state index in [2.05, 4.69) is 5.32 Å². The third kappa shape index (κ3) is 6.63. The van der Waals surface area contributed by atoms with Gasteiger partial charge in [0.15, 0.2) is 17.8 Å². The van der Waals surface area contributed by atoms with Gasteiger partial charge >= 0.3 is 17.9 Å². The van der Waals surface area contributed by atoms with Gasteiger partial charge in [0.2, 0.25) is 0 Å². The minimum atomic E-state index is -2.79. The highest BCUT2D eigenvalue weighted by molar-refractivity contribution is 5.95. The van der Waals surface area contributed by atoms with Crippen molar-refractivity contribution in [1.29, 1.82) is 0 Å². The van der Waals surface area contributed by atoms with Gasteiger partial charge < -0.3 is 54.9 Å². The standard InChI is InChI=1S/C45H51NO14/c1-23-30-32(49)36(51)43(5)28(48)21-29-44(22-57-29,60-24(2)47)35(43)38(59-40(54)27-19-13-8-14-20-27)45(56,42(30,3)4)37(52)34(23)58-41(55)33(50)31(25-15-9-6-10-16-25)46-39(53)26-17-11-7-12-18-26/h6-20,28-29,31-38,48-52,56H,21-22H2,1-5H3,(H,46,53)/t28-,29+,31-,32+,33+,34+,35?,36+,37-,38-,43+,44-,45+/m0/s1. The monoisotopic (exact) mass is 829 g/mol. The number of nitrogens with one attached hydrogen (secondary N) is 1. The molecular weight excluding hydrogens is 778 g/mol. The summed E-state index contributed by atoms with van der Waals surface area (Å²) in [5, 5.41) is 77.2. The maximum atomic E-state index is 14.2.